The molecule has 0 bridgehead atoms. The van der Waals surface area contributed by atoms with Crippen LogP contribution in [0.15, 0.2) is 34.6 Å². The van der Waals surface area contributed by atoms with Gasteiger partial charge in [-0.3, -0.25) is 4.79 Å². The second-order valence-electron chi connectivity index (χ2n) is 5.46. The fourth-order valence-corrected chi connectivity index (χ4v) is 3.49. The Kier molecular flexibility index (Phi) is 5.20. The topological polar surface area (TPSA) is 71.8 Å². The number of hydrogen-bond donors (Lipinski definition) is 2. The lowest BCUT2D eigenvalue weighted by Crippen LogP contribution is -2.43. The minimum Gasteiger partial charge on any atom is -0.325 e. The molecule has 1 fully saturated rings. The molecule has 2 aromatic rings. The van der Waals surface area contributed by atoms with Gasteiger partial charge in [0.05, 0.1) is 11.1 Å². The molecule has 8 heteroatoms. The first-order valence-corrected chi connectivity index (χ1v) is 8.68. The van der Waals surface area contributed by atoms with Crippen LogP contribution in [-0.2, 0) is 11.8 Å². The van der Waals surface area contributed by atoms with Gasteiger partial charge in [0.15, 0.2) is 5.16 Å². The van der Waals surface area contributed by atoms with Crippen LogP contribution in [0.3, 0.4) is 0 Å². The molecule has 3 rings (SSSR count). The van der Waals surface area contributed by atoms with Gasteiger partial charge in [-0.05, 0) is 49.3 Å². The van der Waals surface area contributed by atoms with E-state index >= 15 is 0 Å². The number of aryl methyl sites for hydroxylation is 1. The van der Waals surface area contributed by atoms with Crippen molar-refractivity contribution in [3.05, 3.63) is 29.5 Å². The van der Waals surface area contributed by atoms with Gasteiger partial charge in [0.2, 0.25) is 5.91 Å². The van der Waals surface area contributed by atoms with Crippen LogP contribution < -0.4 is 10.6 Å². The molecule has 122 valence electrons. The van der Waals surface area contributed by atoms with Crippen molar-refractivity contribution in [3.63, 3.8) is 0 Å². The van der Waals surface area contributed by atoms with E-state index in [0.717, 1.165) is 35.9 Å². The van der Waals surface area contributed by atoms with Crippen molar-refractivity contribution >= 4 is 35.0 Å². The summed E-state index contributed by atoms with van der Waals surface area (Å²) in [5.74, 6) is -0.00512. The largest absolute Gasteiger partial charge is 0.325 e. The zero-order valence-corrected chi connectivity index (χ0v) is 14.3. The van der Waals surface area contributed by atoms with Gasteiger partial charge in [-0.25, -0.2) is 0 Å². The number of rotatable bonds is 4. The SMILES string of the molecule is Cn1cnnc1Sc1ccc(NC(=O)C2CCCCN2)cc1Cl. The van der Waals surface area contributed by atoms with Crippen LogP contribution in [0, 0.1) is 0 Å². The molecule has 2 heterocycles. The highest BCUT2D eigenvalue weighted by Gasteiger charge is 2.20. The highest BCUT2D eigenvalue weighted by atomic mass is 35.5. The summed E-state index contributed by atoms with van der Waals surface area (Å²) in [7, 11) is 1.88. The summed E-state index contributed by atoms with van der Waals surface area (Å²) in [6, 6.07) is 5.38. The second-order valence-corrected chi connectivity index (χ2v) is 6.88. The van der Waals surface area contributed by atoms with Crippen LogP contribution in [0.4, 0.5) is 5.69 Å². The number of nitrogens with one attached hydrogen (secondary N) is 2. The van der Waals surface area contributed by atoms with Crippen molar-refractivity contribution in [2.24, 2.45) is 7.05 Å². The first-order valence-electron chi connectivity index (χ1n) is 7.49. The summed E-state index contributed by atoms with van der Waals surface area (Å²) in [5, 5.41) is 15.4. The average Bonchev–Trinajstić information content (AvgIpc) is 2.96. The van der Waals surface area contributed by atoms with Gasteiger partial charge >= 0.3 is 0 Å². The number of carbonyl (C=O) groups excluding carboxylic acids is 1. The fourth-order valence-electron chi connectivity index (χ4n) is 2.43. The van der Waals surface area contributed by atoms with Crippen molar-refractivity contribution in [3.8, 4) is 0 Å². The average molecular weight is 352 g/mol. The number of aromatic nitrogens is 3. The third kappa shape index (κ3) is 4.04. The van der Waals surface area contributed by atoms with Gasteiger partial charge in [-0.1, -0.05) is 18.0 Å². The summed E-state index contributed by atoms with van der Waals surface area (Å²) in [5.41, 5.74) is 0.703. The van der Waals surface area contributed by atoms with Crippen molar-refractivity contribution in [1.29, 1.82) is 0 Å². The minimum absolute atomic E-state index is 0.00512. The summed E-state index contributed by atoms with van der Waals surface area (Å²) >= 11 is 7.76. The van der Waals surface area contributed by atoms with Gasteiger partial charge in [0.1, 0.15) is 6.33 Å². The lowest BCUT2D eigenvalue weighted by molar-refractivity contribution is -0.118. The van der Waals surface area contributed by atoms with Crippen LogP contribution in [-0.4, -0.2) is 33.3 Å². The van der Waals surface area contributed by atoms with Gasteiger partial charge in [0, 0.05) is 17.6 Å². The molecule has 1 aromatic heterocycles. The molecule has 1 aliphatic rings. The quantitative estimate of drug-likeness (QED) is 0.886. The third-order valence-electron chi connectivity index (χ3n) is 3.70. The van der Waals surface area contributed by atoms with Crippen LogP contribution in [0.5, 0.6) is 0 Å². The molecule has 1 unspecified atom stereocenters. The molecule has 0 radical (unpaired) electrons. The molecule has 1 aromatic carbocycles. The number of amides is 1. The number of hydrogen-bond acceptors (Lipinski definition) is 5. The summed E-state index contributed by atoms with van der Waals surface area (Å²) < 4.78 is 1.82. The molecule has 2 N–H and O–H groups in total. The van der Waals surface area contributed by atoms with E-state index in [1.807, 2.05) is 23.7 Å². The Labute approximate surface area is 144 Å². The Hall–Kier alpha value is -1.57. The van der Waals surface area contributed by atoms with E-state index in [2.05, 4.69) is 20.8 Å². The Morgan fingerprint density at radius 3 is 3.00 bits per heavy atom. The van der Waals surface area contributed by atoms with Gasteiger partial charge in [-0.2, -0.15) is 0 Å². The molecule has 1 aliphatic heterocycles. The van der Waals surface area contributed by atoms with Crippen molar-refractivity contribution in [1.82, 2.24) is 20.1 Å². The van der Waals surface area contributed by atoms with Crippen molar-refractivity contribution in [2.45, 2.75) is 35.4 Å². The first-order chi connectivity index (χ1) is 11.1. The molecule has 1 amide bonds. The monoisotopic (exact) mass is 351 g/mol. The molecular formula is C15H18ClN5OS. The second kappa shape index (κ2) is 7.33. The first kappa shape index (κ1) is 16.3. The zero-order valence-electron chi connectivity index (χ0n) is 12.8. The van der Waals surface area contributed by atoms with Gasteiger partial charge in [-0.15, -0.1) is 10.2 Å². The molecule has 0 saturated carbocycles. The van der Waals surface area contributed by atoms with E-state index in [1.165, 1.54) is 11.8 Å². The van der Waals surface area contributed by atoms with Crippen LogP contribution >= 0.6 is 23.4 Å². The predicted molar refractivity (Wildman–Crippen MR) is 90.8 cm³/mol. The van der Waals surface area contributed by atoms with E-state index in [1.54, 1.807) is 12.4 Å². The normalized spacial score (nSPS) is 17.9. The maximum absolute atomic E-state index is 12.2. The summed E-state index contributed by atoms with van der Waals surface area (Å²) in [6.07, 6.45) is 4.73. The van der Waals surface area contributed by atoms with E-state index in [4.69, 9.17) is 11.6 Å². The Morgan fingerprint density at radius 2 is 2.35 bits per heavy atom. The smallest absolute Gasteiger partial charge is 0.241 e. The number of piperidine rings is 1. The minimum atomic E-state index is -0.116. The summed E-state index contributed by atoms with van der Waals surface area (Å²) in [6.45, 7) is 0.895. The molecule has 6 nitrogen and oxygen atoms in total. The lowest BCUT2D eigenvalue weighted by atomic mass is 10.0. The maximum atomic E-state index is 12.2. The molecule has 1 atom stereocenters. The van der Waals surface area contributed by atoms with Crippen LogP contribution in [0.1, 0.15) is 19.3 Å². The fraction of sp³-hybridized carbons (Fsp3) is 0.400. The molecule has 23 heavy (non-hydrogen) atoms. The number of carbonyl (C=O) groups is 1. The van der Waals surface area contributed by atoms with E-state index in [9.17, 15) is 4.79 Å². The third-order valence-corrected chi connectivity index (χ3v) is 5.25. The molecule has 1 saturated heterocycles. The van der Waals surface area contributed by atoms with E-state index < -0.39 is 0 Å². The predicted octanol–water partition coefficient (Wildman–Crippen LogP) is 2.70. The zero-order chi connectivity index (χ0) is 16.2. The number of anilines is 1. The van der Waals surface area contributed by atoms with Crippen LogP contribution in [0.2, 0.25) is 5.02 Å². The van der Waals surface area contributed by atoms with Crippen LogP contribution in [0.25, 0.3) is 0 Å². The Balaban J connectivity index is 1.66. The molecular weight excluding hydrogens is 334 g/mol. The van der Waals surface area contributed by atoms with Gasteiger partial charge in [0.25, 0.3) is 0 Å². The highest BCUT2D eigenvalue weighted by Crippen LogP contribution is 2.33. The maximum Gasteiger partial charge on any atom is 0.241 e. The molecule has 0 spiro atoms. The van der Waals surface area contributed by atoms with Crippen molar-refractivity contribution in [2.75, 3.05) is 11.9 Å². The highest BCUT2D eigenvalue weighted by molar-refractivity contribution is 7.99. The molecule has 0 aliphatic carbocycles. The Morgan fingerprint density at radius 1 is 1.48 bits per heavy atom. The Bertz CT molecular complexity index is 699. The van der Waals surface area contributed by atoms with Crippen molar-refractivity contribution < 1.29 is 4.79 Å². The van der Waals surface area contributed by atoms with E-state index in [0.29, 0.717) is 10.7 Å². The van der Waals surface area contributed by atoms with Gasteiger partial charge < -0.3 is 15.2 Å². The number of nitrogens with zero attached hydrogens (tertiary/aromatic N) is 3. The number of benzene rings is 1. The number of halogens is 1. The summed E-state index contributed by atoms with van der Waals surface area (Å²) in [4.78, 5) is 13.1. The van der Waals surface area contributed by atoms with E-state index in [-0.39, 0.29) is 11.9 Å². The standard InChI is InChI=1S/C15H18ClN5OS/c1-21-9-18-20-15(21)23-13-6-5-10(8-11(13)16)19-14(22)12-4-2-3-7-17-12/h5-6,8-9,12,17H,2-4,7H2,1H3,(H,19,22). The lowest BCUT2D eigenvalue weighted by Gasteiger charge is -2.22.